The number of nitrogens with one attached hydrogen (secondary N) is 1. The second kappa shape index (κ2) is 6.68. The molecule has 1 saturated heterocycles. The topological polar surface area (TPSA) is 54.2 Å². The van der Waals surface area contributed by atoms with Crippen LogP contribution in [-0.2, 0) is 13.0 Å². The van der Waals surface area contributed by atoms with Crippen LogP contribution in [0.3, 0.4) is 0 Å². The number of aromatic nitrogens is 2. The molecular formula is C15H28N4O. The van der Waals surface area contributed by atoms with Crippen molar-refractivity contribution in [3.8, 4) is 0 Å². The van der Waals surface area contributed by atoms with Gasteiger partial charge in [-0.3, -0.25) is 4.90 Å². The van der Waals surface area contributed by atoms with E-state index in [9.17, 15) is 0 Å². The normalized spacial score (nSPS) is 21.3. The van der Waals surface area contributed by atoms with Crippen molar-refractivity contribution in [1.29, 1.82) is 0 Å². The van der Waals surface area contributed by atoms with Crippen molar-refractivity contribution >= 4 is 0 Å². The summed E-state index contributed by atoms with van der Waals surface area (Å²) in [6.45, 7) is 12.9. The zero-order chi connectivity index (χ0) is 14.6. The predicted molar refractivity (Wildman–Crippen MR) is 79.4 cm³/mol. The Balaban J connectivity index is 1.81. The second-order valence-electron chi connectivity index (χ2n) is 6.83. The van der Waals surface area contributed by atoms with Crippen LogP contribution in [-0.4, -0.2) is 40.2 Å². The first-order valence-corrected chi connectivity index (χ1v) is 7.75. The van der Waals surface area contributed by atoms with Gasteiger partial charge in [0.25, 0.3) is 0 Å². The molecule has 0 aliphatic carbocycles. The van der Waals surface area contributed by atoms with Gasteiger partial charge in [0, 0.05) is 18.5 Å². The van der Waals surface area contributed by atoms with E-state index in [1.165, 1.54) is 12.8 Å². The molecule has 5 nitrogen and oxygen atoms in total. The van der Waals surface area contributed by atoms with Crippen molar-refractivity contribution < 1.29 is 4.52 Å². The Morgan fingerprint density at radius 3 is 2.85 bits per heavy atom. The summed E-state index contributed by atoms with van der Waals surface area (Å²) in [7, 11) is 0. The van der Waals surface area contributed by atoms with E-state index in [2.05, 4.69) is 41.1 Å². The molecule has 1 atom stereocenters. The first-order chi connectivity index (χ1) is 9.46. The summed E-state index contributed by atoms with van der Waals surface area (Å²) in [6.07, 6.45) is 3.38. The molecule has 2 rings (SSSR count). The maximum atomic E-state index is 5.17. The molecule has 0 amide bonds. The fourth-order valence-corrected chi connectivity index (χ4v) is 2.61. The number of hydrogen-bond donors (Lipinski definition) is 1. The van der Waals surface area contributed by atoms with Crippen molar-refractivity contribution in [2.24, 2.45) is 5.92 Å². The molecule has 0 bridgehead atoms. The molecule has 0 aromatic carbocycles. The number of aryl methyl sites for hydroxylation is 1. The number of rotatable bonds is 5. The minimum atomic E-state index is 0.200. The minimum absolute atomic E-state index is 0.200. The van der Waals surface area contributed by atoms with Crippen molar-refractivity contribution in [2.45, 2.75) is 59.0 Å². The number of piperidine rings is 1. The van der Waals surface area contributed by atoms with Crippen LogP contribution in [0.4, 0.5) is 0 Å². The van der Waals surface area contributed by atoms with Gasteiger partial charge in [0.2, 0.25) is 5.89 Å². The third-order valence-electron chi connectivity index (χ3n) is 3.70. The van der Waals surface area contributed by atoms with Gasteiger partial charge < -0.3 is 9.84 Å². The summed E-state index contributed by atoms with van der Waals surface area (Å²) in [5.41, 5.74) is 0.200. The average Bonchev–Trinajstić information content (AvgIpc) is 2.84. The molecule has 0 spiro atoms. The van der Waals surface area contributed by atoms with Gasteiger partial charge in [-0.15, -0.1) is 0 Å². The summed E-state index contributed by atoms with van der Waals surface area (Å²) in [4.78, 5) is 6.85. The fraction of sp³-hybridized carbons (Fsp3) is 0.867. The van der Waals surface area contributed by atoms with Gasteiger partial charge in [-0.25, -0.2) is 0 Å². The third-order valence-corrected chi connectivity index (χ3v) is 3.70. The number of hydrogen-bond acceptors (Lipinski definition) is 5. The van der Waals surface area contributed by atoms with Gasteiger partial charge in [0.1, 0.15) is 0 Å². The molecule has 5 heteroatoms. The van der Waals surface area contributed by atoms with E-state index >= 15 is 0 Å². The smallest absolute Gasteiger partial charge is 0.226 e. The quantitative estimate of drug-likeness (QED) is 0.896. The Morgan fingerprint density at radius 1 is 1.40 bits per heavy atom. The highest BCUT2D eigenvalue weighted by atomic mass is 16.5. The third kappa shape index (κ3) is 4.87. The first-order valence-electron chi connectivity index (χ1n) is 7.75. The molecule has 0 saturated carbocycles. The van der Waals surface area contributed by atoms with Crippen LogP contribution in [0.15, 0.2) is 4.52 Å². The van der Waals surface area contributed by atoms with Gasteiger partial charge in [0.15, 0.2) is 5.82 Å². The molecule has 1 unspecified atom stereocenters. The van der Waals surface area contributed by atoms with E-state index in [0.717, 1.165) is 50.2 Å². The lowest BCUT2D eigenvalue weighted by atomic mass is 9.96. The molecule has 1 aliphatic heterocycles. The predicted octanol–water partition coefficient (Wildman–Crippen LogP) is 2.23. The summed E-state index contributed by atoms with van der Waals surface area (Å²) in [5.74, 6) is 2.29. The Hall–Kier alpha value is -0.940. The van der Waals surface area contributed by atoms with Crippen LogP contribution in [0, 0.1) is 5.92 Å². The van der Waals surface area contributed by atoms with Crippen molar-refractivity contribution in [1.82, 2.24) is 20.4 Å². The molecule has 1 aromatic rings. The number of likely N-dealkylation sites (tertiary alicyclic amines) is 1. The van der Waals surface area contributed by atoms with E-state index in [4.69, 9.17) is 4.52 Å². The summed E-state index contributed by atoms with van der Waals surface area (Å²) < 4.78 is 5.17. The van der Waals surface area contributed by atoms with Crippen LogP contribution in [0.25, 0.3) is 0 Å². The summed E-state index contributed by atoms with van der Waals surface area (Å²) in [5, 5.41) is 7.66. The standard InChI is InChI=1S/C15H28N4O/c1-5-14-17-13(18-20-14)11-19-8-6-7-12(10-19)9-16-15(2,3)4/h12,16H,5-11H2,1-4H3. The lowest BCUT2D eigenvalue weighted by molar-refractivity contribution is 0.155. The van der Waals surface area contributed by atoms with E-state index in [-0.39, 0.29) is 5.54 Å². The average molecular weight is 280 g/mol. The van der Waals surface area contributed by atoms with Crippen LogP contribution in [0.2, 0.25) is 0 Å². The Bertz CT molecular complexity index is 410. The van der Waals surface area contributed by atoms with Crippen molar-refractivity contribution in [2.75, 3.05) is 19.6 Å². The molecule has 1 fully saturated rings. The molecule has 1 N–H and O–H groups in total. The zero-order valence-corrected chi connectivity index (χ0v) is 13.3. The highest BCUT2D eigenvalue weighted by Crippen LogP contribution is 2.18. The lowest BCUT2D eigenvalue weighted by Crippen LogP contribution is -2.44. The van der Waals surface area contributed by atoms with E-state index < -0.39 is 0 Å². The van der Waals surface area contributed by atoms with E-state index in [0.29, 0.717) is 0 Å². The zero-order valence-electron chi connectivity index (χ0n) is 13.3. The van der Waals surface area contributed by atoms with Crippen LogP contribution in [0.1, 0.15) is 52.3 Å². The Labute approximate surface area is 122 Å². The molecule has 20 heavy (non-hydrogen) atoms. The van der Waals surface area contributed by atoms with Gasteiger partial charge >= 0.3 is 0 Å². The molecule has 2 heterocycles. The first kappa shape index (κ1) is 15.4. The monoisotopic (exact) mass is 280 g/mol. The molecular weight excluding hydrogens is 252 g/mol. The van der Waals surface area contributed by atoms with Crippen LogP contribution < -0.4 is 5.32 Å². The Kier molecular flexibility index (Phi) is 5.16. The van der Waals surface area contributed by atoms with E-state index in [1.807, 2.05) is 6.92 Å². The highest BCUT2D eigenvalue weighted by Gasteiger charge is 2.22. The van der Waals surface area contributed by atoms with Gasteiger partial charge in [-0.05, 0) is 52.6 Å². The molecule has 1 aromatic heterocycles. The SMILES string of the molecule is CCc1nc(CN2CCCC(CNC(C)(C)C)C2)no1. The molecule has 1 aliphatic rings. The highest BCUT2D eigenvalue weighted by molar-refractivity contribution is 4.87. The van der Waals surface area contributed by atoms with Gasteiger partial charge in [-0.2, -0.15) is 4.98 Å². The Morgan fingerprint density at radius 2 is 2.20 bits per heavy atom. The van der Waals surface area contributed by atoms with Gasteiger partial charge in [-0.1, -0.05) is 12.1 Å². The van der Waals surface area contributed by atoms with Crippen molar-refractivity contribution in [3.63, 3.8) is 0 Å². The van der Waals surface area contributed by atoms with Crippen LogP contribution >= 0.6 is 0 Å². The second-order valence-corrected chi connectivity index (χ2v) is 6.83. The largest absolute Gasteiger partial charge is 0.339 e. The molecule has 0 radical (unpaired) electrons. The summed E-state index contributed by atoms with van der Waals surface area (Å²) in [6, 6.07) is 0. The minimum Gasteiger partial charge on any atom is -0.339 e. The maximum absolute atomic E-state index is 5.17. The van der Waals surface area contributed by atoms with Crippen molar-refractivity contribution in [3.05, 3.63) is 11.7 Å². The summed E-state index contributed by atoms with van der Waals surface area (Å²) >= 11 is 0. The maximum Gasteiger partial charge on any atom is 0.226 e. The van der Waals surface area contributed by atoms with E-state index in [1.54, 1.807) is 0 Å². The fourth-order valence-electron chi connectivity index (χ4n) is 2.61. The number of nitrogens with zero attached hydrogens (tertiary/aromatic N) is 3. The van der Waals surface area contributed by atoms with Crippen LogP contribution in [0.5, 0.6) is 0 Å². The lowest BCUT2D eigenvalue weighted by Gasteiger charge is -2.33. The van der Waals surface area contributed by atoms with Gasteiger partial charge in [0.05, 0.1) is 6.54 Å². The molecule has 114 valence electrons.